The standard InChI is InChI=1S/C23H32N4O3S.ClH/c1-13(15-6-8-16(9-7-15)19-14(2)25-12-31-19)26-21(29)18-10-17(28)11-27(18)22(30)20(24)23(3,4)5;/h6-9,12-13,17-18,20,28H,10-11,24H2,1-5H3,(H,26,29);1H/t13?,17-,18?,20?;/m1./s1. The molecule has 1 aromatic heterocycles. The fourth-order valence-corrected chi connectivity index (χ4v) is 4.56. The summed E-state index contributed by atoms with van der Waals surface area (Å²) in [7, 11) is 0. The van der Waals surface area contributed by atoms with E-state index in [2.05, 4.69) is 10.3 Å². The first kappa shape index (κ1) is 26.3. The molecule has 176 valence electrons. The maximum atomic E-state index is 13.0. The highest BCUT2D eigenvalue weighted by molar-refractivity contribution is 7.13. The van der Waals surface area contributed by atoms with Gasteiger partial charge in [0, 0.05) is 13.0 Å². The number of aromatic nitrogens is 1. The predicted molar refractivity (Wildman–Crippen MR) is 130 cm³/mol. The smallest absolute Gasteiger partial charge is 0.243 e. The molecule has 1 saturated heterocycles. The van der Waals surface area contributed by atoms with E-state index >= 15 is 0 Å². The van der Waals surface area contributed by atoms with E-state index in [0.717, 1.165) is 21.7 Å². The molecule has 4 atom stereocenters. The molecular weight excluding hydrogens is 448 g/mol. The van der Waals surface area contributed by atoms with Crippen LogP contribution in [0.3, 0.4) is 0 Å². The number of amides is 2. The number of hydrogen-bond acceptors (Lipinski definition) is 6. The molecule has 0 spiro atoms. The molecule has 0 radical (unpaired) electrons. The number of benzene rings is 1. The van der Waals surface area contributed by atoms with Gasteiger partial charge in [-0.25, -0.2) is 4.98 Å². The number of halogens is 1. The molecule has 2 heterocycles. The van der Waals surface area contributed by atoms with E-state index < -0.39 is 23.6 Å². The second-order valence-electron chi connectivity index (χ2n) is 9.36. The molecule has 32 heavy (non-hydrogen) atoms. The quantitative estimate of drug-likeness (QED) is 0.609. The van der Waals surface area contributed by atoms with Crippen molar-refractivity contribution in [2.45, 2.75) is 65.3 Å². The minimum Gasteiger partial charge on any atom is -0.391 e. The molecule has 7 nitrogen and oxygen atoms in total. The molecule has 1 aliphatic rings. The topological polar surface area (TPSA) is 109 Å². The first-order valence-electron chi connectivity index (χ1n) is 10.5. The maximum absolute atomic E-state index is 13.0. The molecule has 2 aromatic rings. The molecule has 1 fully saturated rings. The van der Waals surface area contributed by atoms with Gasteiger partial charge in [-0.3, -0.25) is 9.59 Å². The number of aryl methyl sites for hydroxylation is 1. The summed E-state index contributed by atoms with van der Waals surface area (Å²) in [5.74, 6) is -0.581. The number of nitrogens with zero attached hydrogens (tertiary/aromatic N) is 2. The van der Waals surface area contributed by atoms with Gasteiger partial charge in [-0.1, -0.05) is 45.0 Å². The number of β-amino-alcohol motifs (C(OH)–C–C–N with tert-alkyl or cyclic N) is 1. The van der Waals surface area contributed by atoms with Crippen molar-refractivity contribution in [1.82, 2.24) is 15.2 Å². The second-order valence-corrected chi connectivity index (χ2v) is 10.2. The number of aliphatic hydroxyl groups excluding tert-OH is 1. The molecule has 3 rings (SSSR count). The third kappa shape index (κ3) is 5.67. The normalized spacial score (nSPS) is 20.4. The van der Waals surface area contributed by atoms with Crippen molar-refractivity contribution in [1.29, 1.82) is 0 Å². The number of carbonyl (C=O) groups excluding carboxylic acids is 2. The summed E-state index contributed by atoms with van der Waals surface area (Å²) in [5.41, 5.74) is 10.6. The monoisotopic (exact) mass is 480 g/mol. The summed E-state index contributed by atoms with van der Waals surface area (Å²) in [5, 5.41) is 13.1. The minimum atomic E-state index is -0.742. The lowest BCUT2D eigenvalue weighted by molar-refractivity contribution is -0.141. The summed E-state index contributed by atoms with van der Waals surface area (Å²) >= 11 is 1.60. The molecule has 4 N–H and O–H groups in total. The summed E-state index contributed by atoms with van der Waals surface area (Å²) in [6.07, 6.45) is -0.519. The van der Waals surface area contributed by atoms with Gasteiger partial charge >= 0.3 is 0 Å². The van der Waals surface area contributed by atoms with Crippen LogP contribution in [0, 0.1) is 12.3 Å². The first-order chi connectivity index (χ1) is 14.5. The van der Waals surface area contributed by atoms with Crippen LogP contribution in [-0.2, 0) is 9.59 Å². The largest absolute Gasteiger partial charge is 0.391 e. The number of hydrogen-bond donors (Lipinski definition) is 3. The van der Waals surface area contributed by atoms with Crippen molar-refractivity contribution in [3.8, 4) is 10.4 Å². The molecule has 1 aliphatic heterocycles. The van der Waals surface area contributed by atoms with Gasteiger partial charge in [0.15, 0.2) is 0 Å². The molecule has 0 aliphatic carbocycles. The fraction of sp³-hybridized carbons (Fsp3) is 0.522. The number of nitrogens with one attached hydrogen (secondary N) is 1. The average Bonchev–Trinajstić information content (AvgIpc) is 3.31. The van der Waals surface area contributed by atoms with Crippen LogP contribution in [0.15, 0.2) is 29.8 Å². The van der Waals surface area contributed by atoms with Gasteiger partial charge in [0.05, 0.1) is 34.3 Å². The fourth-order valence-electron chi connectivity index (χ4n) is 3.75. The number of likely N-dealkylation sites (tertiary alicyclic amines) is 1. The van der Waals surface area contributed by atoms with E-state index in [-0.39, 0.29) is 43.2 Å². The number of nitrogens with two attached hydrogens (primary N) is 1. The predicted octanol–water partition coefficient (Wildman–Crippen LogP) is 3.05. The van der Waals surface area contributed by atoms with E-state index in [1.54, 1.807) is 11.3 Å². The number of aliphatic hydroxyl groups is 1. The molecule has 0 saturated carbocycles. The van der Waals surface area contributed by atoms with Crippen molar-refractivity contribution in [2.24, 2.45) is 11.1 Å². The summed E-state index contributed by atoms with van der Waals surface area (Å²) in [6, 6.07) is 6.32. The van der Waals surface area contributed by atoms with Crippen LogP contribution in [0.2, 0.25) is 0 Å². The van der Waals surface area contributed by atoms with Crippen molar-refractivity contribution in [3.05, 3.63) is 41.0 Å². The van der Waals surface area contributed by atoms with Gasteiger partial charge in [-0.15, -0.1) is 23.7 Å². The first-order valence-corrected chi connectivity index (χ1v) is 11.4. The molecule has 0 bridgehead atoms. The van der Waals surface area contributed by atoms with Gasteiger partial charge < -0.3 is 21.1 Å². The molecule has 1 aromatic carbocycles. The zero-order valence-corrected chi connectivity index (χ0v) is 20.8. The van der Waals surface area contributed by atoms with Gasteiger partial charge in [0.2, 0.25) is 11.8 Å². The van der Waals surface area contributed by atoms with E-state index in [1.807, 2.05) is 64.4 Å². The SMILES string of the molecule is Cc1ncsc1-c1ccc(C(C)NC(=O)C2C[C@@H](O)CN2C(=O)C(N)C(C)(C)C)cc1.Cl. The number of carbonyl (C=O) groups is 2. The highest BCUT2D eigenvalue weighted by Gasteiger charge is 2.42. The third-order valence-electron chi connectivity index (χ3n) is 5.84. The maximum Gasteiger partial charge on any atom is 0.243 e. The van der Waals surface area contributed by atoms with E-state index in [0.29, 0.717) is 0 Å². The van der Waals surface area contributed by atoms with E-state index in [4.69, 9.17) is 5.73 Å². The van der Waals surface area contributed by atoms with Crippen molar-refractivity contribution in [3.63, 3.8) is 0 Å². The van der Waals surface area contributed by atoms with E-state index in [9.17, 15) is 14.7 Å². The Kier molecular flexibility index (Phi) is 8.44. The van der Waals surface area contributed by atoms with Crippen molar-refractivity contribution < 1.29 is 14.7 Å². The molecule has 2 amide bonds. The Morgan fingerprint density at radius 1 is 1.28 bits per heavy atom. The number of rotatable bonds is 5. The average molecular weight is 481 g/mol. The molecule has 3 unspecified atom stereocenters. The molecular formula is C23H33ClN4O3S. The highest BCUT2D eigenvalue weighted by Crippen LogP contribution is 2.29. The zero-order chi connectivity index (χ0) is 22.9. The van der Waals surface area contributed by atoms with Crippen LogP contribution in [0.5, 0.6) is 0 Å². The van der Waals surface area contributed by atoms with Crippen LogP contribution in [-0.4, -0.2) is 51.5 Å². The Morgan fingerprint density at radius 3 is 2.44 bits per heavy atom. The molecule has 9 heteroatoms. The highest BCUT2D eigenvalue weighted by atomic mass is 35.5. The Balaban J connectivity index is 0.00000363. The summed E-state index contributed by atoms with van der Waals surface area (Å²) in [6.45, 7) is 9.67. The second kappa shape index (κ2) is 10.3. The van der Waals surface area contributed by atoms with Crippen LogP contribution in [0.1, 0.15) is 51.4 Å². The van der Waals surface area contributed by atoms with E-state index in [1.165, 1.54) is 4.90 Å². The lowest BCUT2D eigenvalue weighted by Crippen LogP contribution is -2.55. The van der Waals surface area contributed by atoms with Gasteiger partial charge in [0.25, 0.3) is 0 Å². The Bertz CT molecular complexity index is 941. The van der Waals surface area contributed by atoms with Crippen molar-refractivity contribution in [2.75, 3.05) is 6.54 Å². The summed E-state index contributed by atoms with van der Waals surface area (Å²) in [4.78, 5) is 32.7. The van der Waals surface area contributed by atoms with Gasteiger partial charge in [-0.2, -0.15) is 0 Å². The van der Waals surface area contributed by atoms with Crippen LogP contribution in [0.25, 0.3) is 10.4 Å². The third-order valence-corrected chi connectivity index (χ3v) is 6.82. The van der Waals surface area contributed by atoms with Crippen LogP contribution >= 0.6 is 23.7 Å². The van der Waals surface area contributed by atoms with Crippen LogP contribution < -0.4 is 11.1 Å². The lowest BCUT2D eigenvalue weighted by Gasteiger charge is -2.32. The Morgan fingerprint density at radius 2 is 1.91 bits per heavy atom. The summed E-state index contributed by atoms with van der Waals surface area (Å²) < 4.78 is 0. The van der Waals surface area contributed by atoms with Crippen LogP contribution in [0.4, 0.5) is 0 Å². The van der Waals surface area contributed by atoms with Gasteiger partial charge in [-0.05, 0) is 30.4 Å². The zero-order valence-electron chi connectivity index (χ0n) is 19.2. The Labute approximate surface area is 199 Å². The van der Waals surface area contributed by atoms with Crippen molar-refractivity contribution >= 4 is 35.6 Å². The lowest BCUT2D eigenvalue weighted by atomic mass is 9.86. The minimum absolute atomic E-state index is 0. The number of thiazole rings is 1. The Hall–Kier alpha value is -2.00. The van der Waals surface area contributed by atoms with Gasteiger partial charge in [0.1, 0.15) is 6.04 Å².